The number of nitrogens with two attached hydrogens (primary N) is 1. The van der Waals surface area contributed by atoms with Crippen LogP contribution in [-0.4, -0.2) is 4.98 Å². The molecule has 0 spiro atoms. The summed E-state index contributed by atoms with van der Waals surface area (Å²) in [4.78, 5) is 5.57. The Hall–Kier alpha value is -2.06. The lowest BCUT2D eigenvalue weighted by atomic mass is 10.1. The van der Waals surface area contributed by atoms with Crippen molar-refractivity contribution < 1.29 is 0 Å². The van der Waals surface area contributed by atoms with Crippen LogP contribution in [0.15, 0.2) is 24.4 Å². The first kappa shape index (κ1) is 13.4. The number of hydrogen-bond acceptors (Lipinski definition) is 5. The summed E-state index contributed by atoms with van der Waals surface area (Å²) in [6.45, 7) is 4.11. The highest BCUT2D eigenvalue weighted by Crippen LogP contribution is 2.25. The maximum Gasteiger partial charge on any atom is 0.115 e. The van der Waals surface area contributed by atoms with Crippen LogP contribution in [0.4, 0.5) is 11.4 Å². The topological polar surface area (TPSA) is 74.7 Å². The fraction of sp³-hybridized carbons (Fsp3) is 0.286. The van der Waals surface area contributed by atoms with E-state index in [1.165, 1.54) is 4.88 Å². The highest BCUT2D eigenvalue weighted by Gasteiger charge is 2.10. The Bertz CT molecular complexity index is 612. The Kier molecular flexibility index (Phi) is 4.03. The summed E-state index contributed by atoms with van der Waals surface area (Å²) in [6.07, 6.45) is 2.20. The Morgan fingerprint density at radius 2 is 2.32 bits per heavy atom. The Morgan fingerprint density at radius 1 is 1.53 bits per heavy atom. The number of nitriles is 1. The molecule has 0 bridgehead atoms. The Balaban J connectivity index is 2.15. The van der Waals surface area contributed by atoms with E-state index >= 15 is 0 Å². The van der Waals surface area contributed by atoms with Crippen LogP contribution >= 0.6 is 11.3 Å². The molecule has 1 heterocycles. The number of nitrogens with one attached hydrogen (secondary N) is 1. The monoisotopic (exact) mass is 272 g/mol. The van der Waals surface area contributed by atoms with Gasteiger partial charge in [-0.3, -0.25) is 0 Å². The fourth-order valence-electron chi connectivity index (χ4n) is 1.82. The van der Waals surface area contributed by atoms with Crippen LogP contribution in [0.1, 0.15) is 28.4 Å². The minimum atomic E-state index is 0.136. The number of benzene rings is 1. The zero-order chi connectivity index (χ0) is 13.8. The molecule has 1 atom stereocenters. The molecule has 0 aliphatic carbocycles. The molecular formula is C14H16N4S. The molecule has 5 heteroatoms. The number of nitrogens with zero attached hydrogens (tertiary/aromatic N) is 2. The zero-order valence-corrected chi connectivity index (χ0v) is 11.8. The van der Waals surface area contributed by atoms with Gasteiger partial charge in [0.2, 0.25) is 0 Å². The van der Waals surface area contributed by atoms with Crippen LogP contribution in [-0.2, 0) is 6.42 Å². The molecule has 0 aliphatic heterocycles. The molecule has 0 aliphatic rings. The van der Waals surface area contributed by atoms with E-state index in [9.17, 15) is 0 Å². The first-order valence-corrected chi connectivity index (χ1v) is 6.86. The molecule has 98 valence electrons. The summed E-state index contributed by atoms with van der Waals surface area (Å²) >= 11 is 1.68. The van der Waals surface area contributed by atoms with E-state index in [4.69, 9.17) is 11.0 Å². The second-order valence-electron chi connectivity index (χ2n) is 4.42. The average molecular weight is 272 g/mol. The van der Waals surface area contributed by atoms with E-state index in [0.29, 0.717) is 12.1 Å². The number of rotatable bonds is 4. The minimum Gasteiger partial charge on any atom is -0.398 e. The zero-order valence-electron chi connectivity index (χ0n) is 11.0. The molecule has 1 aromatic heterocycles. The van der Waals surface area contributed by atoms with Crippen molar-refractivity contribution >= 4 is 22.7 Å². The lowest BCUT2D eigenvalue weighted by molar-refractivity contribution is 0.869. The van der Waals surface area contributed by atoms with E-state index in [1.807, 2.05) is 31.3 Å². The van der Waals surface area contributed by atoms with Gasteiger partial charge in [0.1, 0.15) is 5.01 Å². The van der Waals surface area contributed by atoms with Gasteiger partial charge >= 0.3 is 0 Å². The first-order chi connectivity index (χ1) is 9.10. The highest BCUT2D eigenvalue weighted by atomic mass is 32.1. The van der Waals surface area contributed by atoms with Gasteiger partial charge in [-0.2, -0.15) is 5.26 Å². The summed E-state index contributed by atoms with van der Waals surface area (Å²) < 4.78 is 0. The van der Waals surface area contributed by atoms with E-state index < -0.39 is 0 Å². The second kappa shape index (κ2) is 5.72. The molecule has 0 saturated carbocycles. The molecule has 1 unspecified atom stereocenters. The highest BCUT2D eigenvalue weighted by molar-refractivity contribution is 7.11. The maximum absolute atomic E-state index is 8.76. The molecule has 1 aromatic carbocycles. The quantitative estimate of drug-likeness (QED) is 0.838. The van der Waals surface area contributed by atoms with E-state index in [0.717, 1.165) is 16.3 Å². The van der Waals surface area contributed by atoms with Crippen molar-refractivity contribution in [3.63, 3.8) is 0 Å². The molecule has 2 aromatic rings. The molecule has 0 fully saturated rings. The van der Waals surface area contributed by atoms with Gasteiger partial charge in [0, 0.05) is 22.4 Å². The molecule has 0 radical (unpaired) electrons. The normalized spacial score (nSPS) is 11.8. The SMILES string of the molecule is Cc1cnc(C(C)Nc2ccc(N)c(CC#N)c2)s1. The van der Waals surface area contributed by atoms with Crippen LogP contribution in [0.5, 0.6) is 0 Å². The third-order valence-corrected chi connectivity index (χ3v) is 3.90. The number of hydrogen-bond donors (Lipinski definition) is 2. The third-order valence-electron chi connectivity index (χ3n) is 2.81. The van der Waals surface area contributed by atoms with E-state index in [-0.39, 0.29) is 6.04 Å². The molecule has 0 saturated heterocycles. The summed E-state index contributed by atoms with van der Waals surface area (Å²) in [5, 5.41) is 13.2. The maximum atomic E-state index is 8.76. The summed E-state index contributed by atoms with van der Waals surface area (Å²) in [7, 11) is 0. The molecular weight excluding hydrogens is 256 g/mol. The van der Waals surface area contributed by atoms with Gasteiger partial charge in [-0.25, -0.2) is 4.98 Å². The molecule has 2 rings (SSSR count). The number of anilines is 2. The summed E-state index contributed by atoms with van der Waals surface area (Å²) in [5.41, 5.74) is 8.30. The van der Waals surface area contributed by atoms with Crippen molar-refractivity contribution in [3.8, 4) is 6.07 Å². The number of aromatic nitrogens is 1. The summed E-state index contributed by atoms with van der Waals surface area (Å²) in [6, 6.07) is 7.94. The standard InChI is InChI=1S/C14H16N4S/c1-9-8-17-14(19-9)10(2)18-12-3-4-13(16)11(7-12)5-6-15/h3-4,7-8,10,18H,5,16H2,1-2H3. The second-order valence-corrected chi connectivity index (χ2v) is 5.69. The van der Waals surface area contributed by atoms with E-state index in [1.54, 1.807) is 11.3 Å². The molecule has 0 amide bonds. The van der Waals surface area contributed by atoms with Crippen LogP contribution in [0.3, 0.4) is 0 Å². The largest absolute Gasteiger partial charge is 0.398 e. The van der Waals surface area contributed by atoms with Crippen molar-refractivity contribution in [2.24, 2.45) is 0 Å². The smallest absolute Gasteiger partial charge is 0.115 e. The van der Waals surface area contributed by atoms with Gasteiger partial charge in [-0.1, -0.05) is 0 Å². The van der Waals surface area contributed by atoms with Crippen molar-refractivity contribution in [1.82, 2.24) is 4.98 Å². The van der Waals surface area contributed by atoms with Gasteiger partial charge in [0.25, 0.3) is 0 Å². The minimum absolute atomic E-state index is 0.136. The van der Waals surface area contributed by atoms with Gasteiger partial charge in [0.05, 0.1) is 18.5 Å². The first-order valence-electron chi connectivity index (χ1n) is 6.04. The van der Waals surface area contributed by atoms with Gasteiger partial charge < -0.3 is 11.1 Å². The van der Waals surface area contributed by atoms with Crippen LogP contribution < -0.4 is 11.1 Å². The molecule has 3 N–H and O–H groups in total. The Labute approximate surface area is 116 Å². The third kappa shape index (κ3) is 3.24. The lowest BCUT2D eigenvalue weighted by Crippen LogP contribution is -2.07. The molecule has 19 heavy (non-hydrogen) atoms. The van der Waals surface area contributed by atoms with Crippen LogP contribution in [0, 0.1) is 18.3 Å². The average Bonchev–Trinajstić information content (AvgIpc) is 2.80. The number of aryl methyl sites for hydroxylation is 1. The van der Waals surface area contributed by atoms with Crippen molar-refractivity contribution in [2.75, 3.05) is 11.1 Å². The van der Waals surface area contributed by atoms with Crippen molar-refractivity contribution in [2.45, 2.75) is 26.3 Å². The van der Waals surface area contributed by atoms with Gasteiger partial charge in [-0.15, -0.1) is 11.3 Å². The Morgan fingerprint density at radius 3 is 2.95 bits per heavy atom. The van der Waals surface area contributed by atoms with Crippen molar-refractivity contribution in [1.29, 1.82) is 5.26 Å². The van der Waals surface area contributed by atoms with Crippen LogP contribution in [0.2, 0.25) is 0 Å². The number of nitrogen functional groups attached to an aromatic ring is 1. The van der Waals surface area contributed by atoms with Gasteiger partial charge in [0.15, 0.2) is 0 Å². The molecule has 4 nitrogen and oxygen atoms in total. The predicted molar refractivity (Wildman–Crippen MR) is 79.1 cm³/mol. The number of thiazole rings is 1. The predicted octanol–water partition coefficient (Wildman–Crippen LogP) is 3.27. The fourth-order valence-corrected chi connectivity index (χ4v) is 2.59. The van der Waals surface area contributed by atoms with Crippen molar-refractivity contribution in [3.05, 3.63) is 39.8 Å². The van der Waals surface area contributed by atoms with Crippen LogP contribution in [0.25, 0.3) is 0 Å². The van der Waals surface area contributed by atoms with E-state index in [2.05, 4.69) is 23.3 Å². The van der Waals surface area contributed by atoms with Gasteiger partial charge in [-0.05, 0) is 37.6 Å². The summed E-state index contributed by atoms with van der Waals surface area (Å²) in [5.74, 6) is 0. The lowest BCUT2D eigenvalue weighted by Gasteiger charge is -2.14.